The molecule has 0 aliphatic heterocycles. The molecule has 1 aromatic rings. The predicted molar refractivity (Wildman–Crippen MR) is 81.4 cm³/mol. The van der Waals surface area contributed by atoms with Gasteiger partial charge in [0.15, 0.2) is 0 Å². The summed E-state index contributed by atoms with van der Waals surface area (Å²) in [7, 11) is 0. The number of hydrogen-bond donors (Lipinski definition) is 1. The molecule has 21 heavy (non-hydrogen) atoms. The average molecular weight is 283 g/mol. The number of allylic oxidation sites excluding steroid dienone is 2. The van der Waals surface area contributed by atoms with Crippen molar-refractivity contribution in [3.05, 3.63) is 48.0 Å². The minimum absolute atomic E-state index is 0.0170. The Kier molecular flexibility index (Phi) is 3.66. The fourth-order valence-electron chi connectivity index (χ4n) is 3.87. The molecule has 0 spiro atoms. The van der Waals surface area contributed by atoms with Crippen LogP contribution in [0.5, 0.6) is 0 Å². The van der Waals surface area contributed by atoms with Crippen LogP contribution in [-0.2, 0) is 9.59 Å². The molecule has 2 aliphatic rings. The van der Waals surface area contributed by atoms with Crippen molar-refractivity contribution in [2.45, 2.75) is 26.3 Å². The molecule has 0 saturated heterocycles. The van der Waals surface area contributed by atoms with Crippen molar-refractivity contribution in [3.8, 4) is 0 Å². The van der Waals surface area contributed by atoms with E-state index in [0.717, 1.165) is 12.0 Å². The van der Waals surface area contributed by atoms with Gasteiger partial charge in [-0.25, -0.2) is 0 Å². The van der Waals surface area contributed by atoms with Gasteiger partial charge in [0.1, 0.15) is 5.78 Å². The van der Waals surface area contributed by atoms with Crippen LogP contribution < -0.4 is 5.32 Å². The summed E-state index contributed by atoms with van der Waals surface area (Å²) in [5, 5.41) is 3.08. The molecular formula is C18H21NO2. The molecule has 0 radical (unpaired) electrons. The number of benzene rings is 1. The molecular weight excluding hydrogens is 262 g/mol. The lowest BCUT2D eigenvalue weighted by atomic mass is 9.80. The maximum Gasteiger partial charge on any atom is 0.224 e. The summed E-state index contributed by atoms with van der Waals surface area (Å²) in [5.41, 5.74) is 1.09. The number of ketones is 1. The van der Waals surface area contributed by atoms with Crippen LogP contribution in [0.25, 0.3) is 0 Å². The van der Waals surface area contributed by atoms with E-state index in [0.29, 0.717) is 0 Å². The summed E-state index contributed by atoms with van der Waals surface area (Å²) in [4.78, 5) is 24.5. The maximum absolute atomic E-state index is 12.6. The highest BCUT2D eigenvalue weighted by molar-refractivity contribution is 5.89. The lowest BCUT2D eigenvalue weighted by Crippen LogP contribution is -2.40. The Labute approximate surface area is 125 Å². The Morgan fingerprint density at radius 3 is 2.33 bits per heavy atom. The van der Waals surface area contributed by atoms with Gasteiger partial charge in [-0.1, -0.05) is 42.5 Å². The topological polar surface area (TPSA) is 46.2 Å². The molecule has 1 fully saturated rings. The molecule has 2 aliphatic carbocycles. The standard InChI is InChI=1S/C18H21NO2/c1-11(13-6-4-3-5-7-13)19-18(21)17-15-9-8-14(10-15)16(17)12(2)20/h3-9,11,14-17H,10H2,1-2H3,(H,19,21)/t11-,14-,15+,16+,17+/m1/s1. The molecule has 0 unspecified atom stereocenters. The van der Waals surface area contributed by atoms with Crippen molar-refractivity contribution >= 4 is 11.7 Å². The molecule has 1 aromatic carbocycles. The van der Waals surface area contributed by atoms with E-state index in [1.165, 1.54) is 0 Å². The molecule has 0 heterocycles. The predicted octanol–water partition coefficient (Wildman–Crippen LogP) is 2.89. The number of nitrogens with one attached hydrogen (secondary N) is 1. The van der Waals surface area contributed by atoms with Gasteiger partial charge < -0.3 is 5.32 Å². The van der Waals surface area contributed by atoms with Gasteiger partial charge in [0.2, 0.25) is 5.91 Å². The fourth-order valence-corrected chi connectivity index (χ4v) is 3.87. The number of carbonyl (C=O) groups is 2. The van der Waals surface area contributed by atoms with Gasteiger partial charge >= 0.3 is 0 Å². The van der Waals surface area contributed by atoms with Gasteiger partial charge in [0.25, 0.3) is 0 Å². The third kappa shape index (κ3) is 2.53. The Bertz CT molecular complexity index is 578. The second-order valence-corrected chi connectivity index (χ2v) is 6.25. The van der Waals surface area contributed by atoms with E-state index in [4.69, 9.17) is 0 Å². The molecule has 1 amide bonds. The van der Waals surface area contributed by atoms with Crippen molar-refractivity contribution in [2.24, 2.45) is 23.7 Å². The Morgan fingerprint density at radius 2 is 1.71 bits per heavy atom. The average Bonchev–Trinajstić information content (AvgIpc) is 3.08. The van der Waals surface area contributed by atoms with Crippen molar-refractivity contribution < 1.29 is 9.59 Å². The van der Waals surface area contributed by atoms with Gasteiger partial charge in [-0.2, -0.15) is 0 Å². The minimum atomic E-state index is -0.191. The van der Waals surface area contributed by atoms with Gasteiger partial charge in [-0.05, 0) is 37.7 Å². The third-order valence-corrected chi connectivity index (χ3v) is 4.89. The molecule has 1 N–H and O–H groups in total. The lowest BCUT2D eigenvalue weighted by molar-refractivity contribution is -0.133. The Balaban J connectivity index is 1.73. The highest BCUT2D eigenvalue weighted by Crippen LogP contribution is 2.48. The first-order chi connectivity index (χ1) is 10.1. The highest BCUT2D eigenvalue weighted by Gasteiger charge is 2.50. The van der Waals surface area contributed by atoms with Crippen LogP contribution in [0.3, 0.4) is 0 Å². The number of Topliss-reactive ketones (excluding diaryl/α,β-unsaturated/α-hetero) is 1. The Hall–Kier alpha value is -1.90. The molecule has 3 heteroatoms. The molecule has 3 nitrogen and oxygen atoms in total. The molecule has 0 aromatic heterocycles. The zero-order valence-electron chi connectivity index (χ0n) is 12.5. The number of fused-ring (bicyclic) bond motifs is 2. The molecule has 110 valence electrons. The quantitative estimate of drug-likeness (QED) is 0.864. The van der Waals surface area contributed by atoms with Crippen molar-refractivity contribution in [1.82, 2.24) is 5.32 Å². The number of rotatable bonds is 4. The van der Waals surface area contributed by atoms with E-state index < -0.39 is 0 Å². The highest BCUT2D eigenvalue weighted by atomic mass is 16.2. The van der Waals surface area contributed by atoms with Gasteiger partial charge in [0, 0.05) is 5.92 Å². The summed E-state index contributed by atoms with van der Waals surface area (Å²) in [6.07, 6.45) is 5.17. The zero-order valence-corrected chi connectivity index (χ0v) is 12.5. The van der Waals surface area contributed by atoms with Gasteiger partial charge in [-0.15, -0.1) is 0 Å². The summed E-state index contributed by atoms with van der Waals surface area (Å²) in [6, 6.07) is 9.88. The van der Waals surface area contributed by atoms with Crippen LogP contribution in [0, 0.1) is 23.7 Å². The van der Waals surface area contributed by atoms with E-state index in [9.17, 15) is 9.59 Å². The second kappa shape index (κ2) is 5.47. The smallest absolute Gasteiger partial charge is 0.224 e. The first-order valence-electron chi connectivity index (χ1n) is 7.62. The van der Waals surface area contributed by atoms with Crippen molar-refractivity contribution in [3.63, 3.8) is 0 Å². The largest absolute Gasteiger partial charge is 0.349 e. The van der Waals surface area contributed by atoms with Gasteiger partial charge in [0.05, 0.1) is 12.0 Å². The lowest BCUT2D eigenvalue weighted by Gasteiger charge is -2.26. The van der Waals surface area contributed by atoms with Crippen LogP contribution in [0.2, 0.25) is 0 Å². The number of carbonyl (C=O) groups excluding carboxylic acids is 2. The molecule has 2 bridgehead atoms. The number of hydrogen-bond acceptors (Lipinski definition) is 2. The normalized spacial score (nSPS) is 31.1. The Morgan fingerprint density at radius 1 is 1.10 bits per heavy atom. The van der Waals surface area contributed by atoms with Crippen LogP contribution in [0.1, 0.15) is 31.9 Å². The van der Waals surface area contributed by atoms with Crippen LogP contribution in [0.15, 0.2) is 42.5 Å². The van der Waals surface area contributed by atoms with Crippen LogP contribution >= 0.6 is 0 Å². The van der Waals surface area contributed by atoms with Gasteiger partial charge in [-0.3, -0.25) is 9.59 Å². The summed E-state index contributed by atoms with van der Waals surface area (Å²) in [6.45, 7) is 3.60. The molecule has 5 atom stereocenters. The first kappa shape index (κ1) is 14.1. The SMILES string of the molecule is CC(=O)[C@@H]1[C@@H](C(=O)N[C@H](C)c2ccccc2)[C@H]2C=C[C@@H]1C2. The molecule has 3 rings (SSSR count). The second-order valence-electron chi connectivity index (χ2n) is 6.25. The zero-order chi connectivity index (χ0) is 15.0. The van der Waals surface area contributed by atoms with Crippen LogP contribution in [-0.4, -0.2) is 11.7 Å². The van der Waals surface area contributed by atoms with E-state index in [1.807, 2.05) is 37.3 Å². The summed E-state index contributed by atoms with van der Waals surface area (Å²) < 4.78 is 0. The van der Waals surface area contributed by atoms with E-state index >= 15 is 0 Å². The van der Waals surface area contributed by atoms with Crippen LogP contribution in [0.4, 0.5) is 0 Å². The number of amides is 1. The molecule has 1 saturated carbocycles. The van der Waals surface area contributed by atoms with Crippen molar-refractivity contribution in [1.29, 1.82) is 0 Å². The fraction of sp³-hybridized carbons (Fsp3) is 0.444. The van der Waals surface area contributed by atoms with E-state index in [1.54, 1.807) is 6.92 Å². The van der Waals surface area contributed by atoms with E-state index in [2.05, 4.69) is 17.5 Å². The summed E-state index contributed by atoms with van der Waals surface area (Å²) in [5.74, 6) is 0.316. The minimum Gasteiger partial charge on any atom is -0.349 e. The monoisotopic (exact) mass is 283 g/mol. The first-order valence-corrected chi connectivity index (χ1v) is 7.62. The maximum atomic E-state index is 12.6. The third-order valence-electron chi connectivity index (χ3n) is 4.89. The van der Waals surface area contributed by atoms with Crippen molar-refractivity contribution in [2.75, 3.05) is 0 Å². The van der Waals surface area contributed by atoms with E-state index in [-0.39, 0.29) is 41.4 Å². The summed E-state index contributed by atoms with van der Waals surface area (Å²) >= 11 is 0.